The number of aliphatic hydroxyl groups is 2. The van der Waals surface area contributed by atoms with Gasteiger partial charge in [-0.05, 0) is 12.5 Å². The highest BCUT2D eigenvalue weighted by Gasteiger charge is 2.25. The molecule has 13 heavy (non-hydrogen) atoms. The first-order valence-corrected chi connectivity index (χ1v) is 4.12. The molecule has 0 heterocycles. The van der Waals surface area contributed by atoms with Crippen molar-refractivity contribution >= 4 is 5.97 Å². The molecule has 0 aromatic rings. The summed E-state index contributed by atoms with van der Waals surface area (Å²) in [7, 11) is 0. The van der Waals surface area contributed by atoms with Crippen molar-refractivity contribution in [2.75, 3.05) is 0 Å². The summed E-state index contributed by atoms with van der Waals surface area (Å²) in [6, 6.07) is 0. The minimum atomic E-state index is -1.21. The van der Waals surface area contributed by atoms with Crippen molar-refractivity contribution in [2.45, 2.75) is 19.8 Å². The van der Waals surface area contributed by atoms with Crippen molar-refractivity contribution < 1.29 is 20.1 Å². The monoisotopic (exact) mass is 184 g/mol. The van der Waals surface area contributed by atoms with Gasteiger partial charge in [0.05, 0.1) is 5.76 Å². The highest BCUT2D eigenvalue weighted by molar-refractivity contribution is 5.90. The standard InChI is InChI=1S/C9H12O4/c1-2-5-3-6(10)4-7(8(5)11)9(12)13/h4-5,10-11H,2-3H2,1H3,(H,12,13). The summed E-state index contributed by atoms with van der Waals surface area (Å²) in [6.07, 6.45) is 2.03. The van der Waals surface area contributed by atoms with Crippen LogP contribution in [0, 0.1) is 5.92 Å². The fraction of sp³-hybridized carbons (Fsp3) is 0.444. The van der Waals surface area contributed by atoms with Gasteiger partial charge < -0.3 is 15.3 Å². The second-order valence-electron chi connectivity index (χ2n) is 3.05. The SMILES string of the molecule is CCC1CC(O)=CC(C(=O)O)=C1O. The number of aliphatic hydroxyl groups excluding tert-OH is 2. The third-order valence-electron chi connectivity index (χ3n) is 2.15. The molecule has 0 aromatic carbocycles. The first-order chi connectivity index (χ1) is 6.06. The van der Waals surface area contributed by atoms with Crippen molar-refractivity contribution in [3.63, 3.8) is 0 Å². The third kappa shape index (κ3) is 1.83. The van der Waals surface area contributed by atoms with E-state index in [1.54, 1.807) is 0 Å². The predicted octanol–water partition coefficient (Wildman–Crippen LogP) is 1.75. The van der Waals surface area contributed by atoms with E-state index in [0.29, 0.717) is 12.8 Å². The molecule has 0 bridgehead atoms. The van der Waals surface area contributed by atoms with Gasteiger partial charge in [0.25, 0.3) is 0 Å². The van der Waals surface area contributed by atoms with Crippen molar-refractivity contribution in [2.24, 2.45) is 5.92 Å². The van der Waals surface area contributed by atoms with Gasteiger partial charge in [-0.25, -0.2) is 4.79 Å². The molecule has 0 saturated carbocycles. The van der Waals surface area contributed by atoms with Crippen molar-refractivity contribution in [1.82, 2.24) is 0 Å². The summed E-state index contributed by atoms with van der Waals surface area (Å²) in [6.45, 7) is 1.83. The molecule has 72 valence electrons. The highest BCUT2D eigenvalue weighted by Crippen LogP contribution is 2.29. The number of hydrogen-bond donors (Lipinski definition) is 3. The first-order valence-electron chi connectivity index (χ1n) is 4.12. The molecule has 4 heteroatoms. The van der Waals surface area contributed by atoms with Gasteiger partial charge in [0, 0.05) is 12.3 Å². The molecule has 0 saturated heterocycles. The van der Waals surface area contributed by atoms with E-state index < -0.39 is 5.97 Å². The Morgan fingerprint density at radius 2 is 2.23 bits per heavy atom. The van der Waals surface area contributed by atoms with Crippen molar-refractivity contribution in [1.29, 1.82) is 0 Å². The van der Waals surface area contributed by atoms with Crippen LogP contribution in [0.15, 0.2) is 23.2 Å². The number of allylic oxidation sites excluding steroid dienone is 2. The average Bonchev–Trinajstić information content (AvgIpc) is 2.08. The van der Waals surface area contributed by atoms with E-state index in [4.69, 9.17) is 5.11 Å². The molecule has 1 unspecified atom stereocenters. The summed E-state index contributed by atoms with van der Waals surface area (Å²) < 4.78 is 0. The number of carbonyl (C=O) groups is 1. The lowest BCUT2D eigenvalue weighted by atomic mass is 9.90. The molecule has 1 rings (SSSR count). The van der Waals surface area contributed by atoms with Crippen LogP contribution in [0.5, 0.6) is 0 Å². The largest absolute Gasteiger partial charge is 0.512 e. The lowest BCUT2D eigenvalue weighted by molar-refractivity contribution is -0.132. The van der Waals surface area contributed by atoms with Crippen LogP contribution in [-0.4, -0.2) is 21.3 Å². The fourth-order valence-electron chi connectivity index (χ4n) is 1.38. The Kier molecular flexibility index (Phi) is 2.60. The minimum Gasteiger partial charge on any atom is -0.512 e. The third-order valence-corrected chi connectivity index (χ3v) is 2.15. The Bertz CT molecular complexity index is 288. The van der Waals surface area contributed by atoms with Crippen molar-refractivity contribution in [3.05, 3.63) is 23.2 Å². The van der Waals surface area contributed by atoms with Crippen LogP contribution >= 0.6 is 0 Å². The number of hydrogen-bond acceptors (Lipinski definition) is 3. The molecule has 0 fully saturated rings. The lowest BCUT2D eigenvalue weighted by Crippen LogP contribution is -2.15. The van der Waals surface area contributed by atoms with Gasteiger partial charge in [0.1, 0.15) is 11.3 Å². The summed E-state index contributed by atoms with van der Waals surface area (Å²) in [5, 5.41) is 27.3. The number of aliphatic carboxylic acids is 1. The van der Waals surface area contributed by atoms with E-state index in [-0.39, 0.29) is 23.0 Å². The number of carboxylic acid groups (broad SMARTS) is 1. The van der Waals surface area contributed by atoms with Crippen molar-refractivity contribution in [3.8, 4) is 0 Å². The summed E-state index contributed by atoms with van der Waals surface area (Å²) >= 11 is 0. The average molecular weight is 184 g/mol. The van der Waals surface area contributed by atoms with Crippen LogP contribution in [0.3, 0.4) is 0 Å². The molecular formula is C9H12O4. The van der Waals surface area contributed by atoms with E-state index in [1.165, 1.54) is 0 Å². The van der Waals surface area contributed by atoms with E-state index in [9.17, 15) is 15.0 Å². The minimum absolute atomic E-state index is 0.0158. The van der Waals surface area contributed by atoms with E-state index in [2.05, 4.69) is 0 Å². The molecule has 0 aromatic heterocycles. The molecule has 0 spiro atoms. The number of carboxylic acids is 1. The van der Waals surface area contributed by atoms with E-state index in [1.807, 2.05) is 6.92 Å². The van der Waals surface area contributed by atoms with Gasteiger partial charge in [0.2, 0.25) is 0 Å². The molecule has 4 nitrogen and oxygen atoms in total. The Hall–Kier alpha value is -1.45. The zero-order valence-corrected chi connectivity index (χ0v) is 7.32. The molecule has 1 atom stereocenters. The van der Waals surface area contributed by atoms with E-state index in [0.717, 1.165) is 6.08 Å². The molecule has 0 amide bonds. The van der Waals surface area contributed by atoms with Gasteiger partial charge in [-0.1, -0.05) is 6.92 Å². The topological polar surface area (TPSA) is 77.8 Å². The van der Waals surface area contributed by atoms with Crippen LogP contribution in [-0.2, 0) is 4.79 Å². The first kappa shape index (κ1) is 9.64. The molecule has 1 aliphatic rings. The molecule has 3 N–H and O–H groups in total. The molecule has 0 radical (unpaired) electrons. The quantitative estimate of drug-likeness (QED) is 0.611. The van der Waals surface area contributed by atoms with Crippen LogP contribution in [0.4, 0.5) is 0 Å². The van der Waals surface area contributed by atoms with Crippen LogP contribution < -0.4 is 0 Å². The maximum Gasteiger partial charge on any atom is 0.339 e. The maximum atomic E-state index is 10.6. The maximum absolute atomic E-state index is 10.6. The Balaban J connectivity index is 3.06. The van der Waals surface area contributed by atoms with Crippen LogP contribution in [0.1, 0.15) is 19.8 Å². The van der Waals surface area contributed by atoms with Gasteiger partial charge in [-0.3, -0.25) is 0 Å². The smallest absolute Gasteiger partial charge is 0.339 e. The lowest BCUT2D eigenvalue weighted by Gasteiger charge is -2.19. The van der Waals surface area contributed by atoms with Gasteiger partial charge >= 0.3 is 5.97 Å². The zero-order chi connectivity index (χ0) is 10.0. The van der Waals surface area contributed by atoms with Gasteiger partial charge in [-0.2, -0.15) is 0 Å². The predicted molar refractivity (Wildman–Crippen MR) is 46.4 cm³/mol. The summed E-state index contributed by atoms with van der Waals surface area (Å²) in [5.74, 6) is -1.59. The van der Waals surface area contributed by atoms with Gasteiger partial charge in [-0.15, -0.1) is 0 Å². The Morgan fingerprint density at radius 3 is 2.69 bits per heavy atom. The van der Waals surface area contributed by atoms with Crippen LogP contribution in [0.25, 0.3) is 0 Å². The molecule has 1 aliphatic carbocycles. The Morgan fingerprint density at radius 1 is 1.62 bits per heavy atom. The Labute approximate surface area is 75.8 Å². The second-order valence-corrected chi connectivity index (χ2v) is 3.05. The fourth-order valence-corrected chi connectivity index (χ4v) is 1.38. The zero-order valence-electron chi connectivity index (χ0n) is 7.32. The summed E-state index contributed by atoms with van der Waals surface area (Å²) in [5.41, 5.74) is -0.199. The second kappa shape index (κ2) is 3.51. The summed E-state index contributed by atoms with van der Waals surface area (Å²) in [4.78, 5) is 10.6. The van der Waals surface area contributed by atoms with Crippen LogP contribution in [0.2, 0.25) is 0 Å². The van der Waals surface area contributed by atoms with E-state index >= 15 is 0 Å². The van der Waals surface area contributed by atoms with Gasteiger partial charge in [0.15, 0.2) is 0 Å². The number of rotatable bonds is 2. The highest BCUT2D eigenvalue weighted by atomic mass is 16.4. The normalized spacial score (nSPS) is 22.8. The molecule has 0 aliphatic heterocycles. The molecular weight excluding hydrogens is 172 g/mol.